The number of methoxy groups -OCH3 is 1. The van der Waals surface area contributed by atoms with E-state index in [0.717, 1.165) is 16.7 Å². The van der Waals surface area contributed by atoms with Crippen LogP contribution in [0.1, 0.15) is 29.2 Å². The molecule has 0 bridgehead atoms. The molecule has 0 aromatic heterocycles. The zero-order valence-electron chi connectivity index (χ0n) is 18.2. The molecule has 1 amide bonds. The minimum atomic E-state index is -0.622. The number of aryl methyl sites for hydroxylation is 2. The number of hydrogen-bond donors (Lipinski definition) is 0. The number of nitrogens with zero attached hydrogens (tertiary/aromatic N) is 1. The van der Waals surface area contributed by atoms with Gasteiger partial charge in [0.2, 0.25) is 0 Å². The van der Waals surface area contributed by atoms with Gasteiger partial charge in [-0.2, -0.15) is 0 Å². The third-order valence-electron chi connectivity index (χ3n) is 4.58. The number of benzene rings is 2. The van der Waals surface area contributed by atoms with Gasteiger partial charge in [-0.1, -0.05) is 42.0 Å². The van der Waals surface area contributed by atoms with Crippen LogP contribution in [0.3, 0.4) is 0 Å². The molecule has 2 aromatic carbocycles. The number of esters is 1. The summed E-state index contributed by atoms with van der Waals surface area (Å²) < 4.78 is 15.8. The molecule has 0 radical (unpaired) electrons. The Hall–Kier alpha value is -3.28. The molecule has 6 nitrogen and oxygen atoms in total. The van der Waals surface area contributed by atoms with Gasteiger partial charge in [0.15, 0.2) is 24.7 Å². The van der Waals surface area contributed by atoms with E-state index in [1.54, 1.807) is 13.1 Å². The molecule has 0 saturated carbocycles. The summed E-state index contributed by atoms with van der Waals surface area (Å²) >= 11 is 0. The van der Waals surface area contributed by atoms with E-state index in [9.17, 15) is 9.59 Å². The summed E-state index contributed by atoms with van der Waals surface area (Å²) in [7, 11) is 3.22. The van der Waals surface area contributed by atoms with E-state index in [0.29, 0.717) is 18.0 Å². The van der Waals surface area contributed by atoms with Crippen molar-refractivity contribution in [3.63, 3.8) is 0 Å². The maximum Gasteiger partial charge on any atom is 0.344 e. The minimum Gasteiger partial charge on any atom is -0.493 e. The summed E-state index contributed by atoms with van der Waals surface area (Å²) in [5.74, 6) is 0.0446. The van der Waals surface area contributed by atoms with Gasteiger partial charge in [-0.05, 0) is 49.6 Å². The Morgan fingerprint density at radius 2 is 1.80 bits per heavy atom. The molecule has 6 heteroatoms. The summed E-state index contributed by atoms with van der Waals surface area (Å²) in [5, 5.41) is 0. The van der Waals surface area contributed by atoms with E-state index in [1.165, 1.54) is 17.6 Å². The number of hydrogen-bond acceptors (Lipinski definition) is 5. The Kier molecular flexibility index (Phi) is 8.47. The van der Waals surface area contributed by atoms with Gasteiger partial charge in [-0.3, -0.25) is 4.79 Å². The summed E-state index contributed by atoms with van der Waals surface area (Å²) in [6, 6.07) is 11.5. The number of carbonyl (C=O) groups is 2. The monoisotopic (exact) mass is 411 g/mol. The van der Waals surface area contributed by atoms with Crippen LogP contribution in [-0.2, 0) is 20.9 Å². The first-order chi connectivity index (χ1) is 14.3. The molecule has 0 unspecified atom stereocenters. The van der Waals surface area contributed by atoms with E-state index in [1.807, 2.05) is 57.2 Å². The van der Waals surface area contributed by atoms with E-state index in [2.05, 4.69) is 6.07 Å². The molecule has 160 valence electrons. The molecule has 2 rings (SSSR count). The van der Waals surface area contributed by atoms with Crippen molar-refractivity contribution in [2.24, 2.45) is 0 Å². The topological polar surface area (TPSA) is 65.1 Å². The SMILES string of the molecule is C/C=C/c1ccc(OCC(=O)OCC(=O)N(C)Cc2ccc(C)cc2C)c(OC)c1. The van der Waals surface area contributed by atoms with Gasteiger partial charge in [0.05, 0.1) is 7.11 Å². The third-order valence-corrected chi connectivity index (χ3v) is 4.58. The molecule has 0 heterocycles. The first-order valence-electron chi connectivity index (χ1n) is 9.73. The lowest BCUT2D eigenvalue weighted by molar-refractivity contribution is -0.153. The van der Waals surface area contributed by atoms with Gasteiger partial charge in [0, 0.05) is 13.6 Å². The molecule has 0 aliphatic rings. The van der Waals surface area contributed by atoms with Crippen LogP contribution in [0.25, 0.3) is 6.08 Å². The number of likely N-dealkylation sites (N-methyl/N-ethyl adjacent to an activating group) is 1. The van der Waals surface area contributed by atoms with Crippen molar-refractivity contribution in [1.82, 2.24) is 4.90 Å². The zero-order chi connectivity index (χ0) is 22.1. The first kappa shape index (κ1) is 23.0. The fourth-order valence-electron chi connectivity index (χ4n) is 2.90. The average Bonchev–Trinajstić information content (AvgIpc) is 2.73. The van der Waals surface area contributed by atoms with Crippen molar-refractivity contribution < 1.29 is 23.8 Å². The minimum absolute atomic E-state index is 0.281. The maximum atomic E-state index is 12.3. The van der Waals surface area contributed by atoms with Gasteiger partial charge in [0.25, 0.3) is 5.91 Å². The largest absolute Gasteiger partial charge is 0.493 e. The van der Waals surface area contributed by atoms with Crippen molar-refractivity contribution in [3.8, 4) is 11.5 Å². The predicted molar refractivity (Wildman–Crippen MR) is 117 cm³/mol. The first-order valence-corrected chi connectivity index (χ1v) is 9.73. The molecule has 0 atom stereocenters. The summed E-state index contributed by atoms with van der Waals surface area (Å²) in [6.45, 7) is 5.77. The van der Waals surface area contributed by atoms with E-state index in [4.69, 9.17) is 14.2 Å². The number of carbonyl (C=O) groups excluding carboxylic acids is 2. The van der Waals surface area contributed by atoms with Crippen LogP contribution in [0.2, 0.25) is 0 Å². The lowest BCUT2D eigenvalue weighted by atomic mass is 10.1. The average molecular weight is 411 g/mol. The van der Waals surface area contributed by atoms with Crippen LogP contribution >= 0.6 is 0 Å². The number of allylic oxidation sites excluding steroid dienone is 1. The number of ether oxygens (including phenoxy) is 3. The number of amides is 1. The molecule has 0 fully saturated rings. The van der Waals surface area contributed by atoms with Gasteiger partial charge >= 0.3 is 5.97 Å². The smallest absolute Gasteiger partial charge is 0.344 e. The Labute approximate surface area is 178 Å². The normalized spacial score (nSPS) is 10.7. The second-order valence-electron chi connectivity index (χ2n) is 7.04. The fraction of sp³-hybridized carbons (Fsp3) is 0.333. The summed E-state index contributed by atoms with van der Waals surface area (Å²) in [4.78, 5) is 25.8. The van der Waals surface area contributed by atoms with Crippen molar-refractivity contribution in [2.75, 3.05) is 27.4 Å². The van der Waals surface area contributed by atoms with Gasteiger partial charge < -0.3 is 19.1 Å². The Morgan fingerprint density at radius 1 is 1.03 bits per heavy atom. The van der Waals surface area contributed by atoms with Gasteiger partial charge in [0.1, 0.15) is 0 Å². The number of rotatable bonds is 9. The third kappa shape index (κ3) is 6.65. The predicted octanol–water partition coefficient (Wildman–Crippen LogP) is 3.93. The van der Waals surface area contributed by atoms with Crippen molar-refractivity contribution >= 4 is 18.0 Å². The van der Waals surface area contributed by atoms with Crippen LogP contribution < -0.4 is 9.47 Å². The lowest BCUT2D eigenvalue weighted by Crippen LogP contribution is -2.31. The molecule has 0 N–H and O–H groups in total. The van der Waals surface area contributed by atoms with Crippen LogP contribution in [-0.4, -0.2) is 44.1 Å². The van der Waals surface area contributed by atoms with E-state index >= 15 is 0 Å². The second kappa shape index (κ2) is 11.0. The molecule has 0 aliphatic carbocycles. The quantitative estimate of drug-likeness (QED) is 0.585. The maximum absolute atomic E-state index is 12.3. The van der Waals surface area contributed by atoms with Crippen LogP contribution in [0.15, 0.2) is 42.5 Å². The molecular formula is C24H29NO5. The molecule has 2 aromatic rings. The standard InChI is InChI=1S/C24H29NO5/c1-6-7-19-9-11-21(22(13-19)28-5)29-16-24(27)30-15-23(26)25(4)14-20-10-8-17(2)12-18(20)3/h6-13H,14-16H2,1-5H3/b7-6+. The van der Waals surface area contributed by atoms with E-state index < -0.39 is 5.97 Å². The van der Waals surface area contributed by atoms with E-state index in [-0.39, 0.29) is 19.1 Å². The molecule has 0 saturated heterocycles. The molecular weight excluding hydrogens is 382 g/mol. The molecule has 30 heavy (non-hydrogen) atoms. The molecule has 0 aliphatic heterocycles. The van der Waals surface area contributed by atoms with Gasteiger partial charge in [-0.15, -0.1) is 0 Å². The highest BCUT2D eigenvalue weighted by atomic mass is 16.6. The Morgan fingerprint density at radius 3 is 2.47 bits per heavy atom. The highest BCUT2D eigenvalue weighted by Gasteiger charge is 2.15. The van der Waals surface area contributed by atoms with Crippen LogP contribution in [0, 0.1) is 13.8 Å². The second-order valence-corrected chi connectivity index (χ2v) is 7.04. The lowest BCUT2D eigenvalue weighted by Gasteiger charge is -2.19. The Balaban J connectivity index is 1.83. The molecule has 0 spiro atoms. The zero-order valence-corrected chi connectivity index (χ0v) is 18.2. The summed E-state index contributed by atoms with van der Waals surface area (Å²) in [5.41, 5.74) is 4.31. The van der Waals surface area contributed by atoms with Crippen molar-refractivity contribution in [3.05, 3.63) is 64.7 Å². The summed E-state index contributed by atoms with van der Waals surface area (Å²) in [6.07, 6.45) is 3.85. The van der Waals surface area contributed by atoms with Gasteiger partial charge in [-0.25, -0.2) is 4.79 Å². The van der Waals surface area contributed by atoms with Crippen molar-refractivity contribution in [1.29, 1.82) is 0 Å². The van der Waals surface area contributed by atoms with Crippen LogP contribution in [0.5, 0.6) is 11.5 Å². The highest BCUT2D eigenvalue weighted by molar-refractivity contribution is 5.81. The Bertz CT molecular complexity index is 920. The highest BCUT2D eigenvalue weighted by Crippen LogP contribution is 2.28. The van der Waals surface area contributed by atoms with Crippen molar-refractivity contribution in [2.45, 2.75) is 27.3 Å². The van der Waals surface area contributed by atoms with Crippen LogP contribution in [0.4, 0.5) is 0 Å². The fourth-order valence-corrected chi connectivity index (χ4v) is 2.90.